The van der Waals surface area contributed by atoms with E-state index in [0.29, 0.717) is 0 Å². The van der Waals surface area contributed by atoms with Gasteiger partial charge in [-0.25, -0.2) is 0 Å². The second-order valence-corrected chi connectivity index (χ2v) is 7.60. The van der Waals surface area contributed by atoms with Crippen LogP contribution >= 0.6 is 0 Å². The van der Waals surface area contributed by atoms with Crippen molar-refractivity contribution in [3.05, 3.63) is 35.4 Å². The van der Waals surface area contributed by atoms with Gasteiger partial charge in [-0.1, -0.05) is 38.1 Å². The highest BCUT2D eigenvalue weighted by atomic mass is 16.5. The zero-order valence-corrected chi connectivity index (χ0v) is 14.4. The molecule has 0 bridgehead atoms. The third-order valence-corrected chi connectivity index (χ3v) is 4.52. The summed E-state index contributed by atoms with van der Waals surface area (Å²) in [6.07, 6.45) is 0. The van der Waals surface area contributed by atoms with Crippen LogP contribution in [0.3, 0.4) is 0 Å². The van der Waals surface area contributed by atoms with Crippen molar-refractivity contribution in [2.75, 3.05) is 7.11 Å². The molecular weight excluding hydrogens is 246 g/mol. The first-order valence-corrected chi connectivity index (χ1v) is 7.40. The molecule has 0 aliphatic carbocycles. The second kappa shape index (κ2) is 5.87. The van der Waals surface area contributed by atoms with Gasteiger partial charge in [0.15, 0.2) is 0 Å². The molecule has 1 rings (SSSR count). The number of hydrogen-bond donors (Lipinski definition) is 1. The quantitative estimate of drug-likeness (QED) is 0.867. The van der Waals surface area contributed by atoms with Gasteiger partial charge in [-0.15, -0.1) is 0 Å². The fourth-order valence-corrected chi connectivity index (χ4v) is 2.22. The summed E-state index contributed by atoms with van der Waals surface area (Å²) in [5.74, 6) is 0. The van der Waals surface area contributed by atoms with Crippen LogP contribution in [0.1, 0.15) is 59.6 Å². The number of benzene rings is 1. The van der Waals surface area contributed by atoms with Crippen LogP contribution in [0.4, 0.5) is 0 Å². The van der Waals surface area contributed by atoms with E-state index in [0.717, 1.165) is 6.54 Å². The summed E-state index contributed by atoms with van der Waals surface area (Å²) in [5.41, 5.74) is 2.54. The SMILES string of the molecule is COC(C)(C)C(C)(C)c1ccccc1CNC(C)(C)C. The Bertz CT molecular complexity index is 441. The van der Waals surface area contributed by atoms with Crippen molar-refractivity contribution in [2.24, 2.45) is 0 Å². The highest BCUT2D eigenvalue weighted by molar-refractivity contribution is 5.35. The van der Waals surface area contributed by atoms with Crippen molar-refractivity contribution in [3.63, 3.8) is 0 Å². The lowest BCUT2D eigenvalue weighted by Crippen LogP contribution is -2.45. The molecule has 0 aliphatic heterocycles. The summed E-state index contributed by atoms with van der Waals surface area (Å²) >= 11 is 0. The minimum atomic E-state index is -0.217. The predicted octanol–water partition coefficient (Wildman–Crippen LogP) is 4.28. The fourth-order valence-electron chi connectivity index (χ4n) is 2.22. The standard InChI is InChI=1S/C18H31NO/c1-16(2,3)19-13-14-11-9-10-12-15(14)17(4,5)18(6,7)20-8/h9-12,19H,13H2,1-8H3. The van der Waals surface area contributed by atoms with E-state index in [9.17, 15) is 0 Å². The Balaban J connectivity index is 3.13. The average Bonchev–Trinajstić information content (AvgIpc) is 2.35. The number of nitrogens with one attached hydrogen (secondary N) is 1. The Hall–Kier alpha value is -0.860. The minimum absolute atomic E-state index is 0.0576. The lowest BCUT2D eigenvalue weighted by atomic mass is 9.70. The third-order valence-electron chi connectivity index (χ3n) is 4.52. The third kappa shape index (κ3) is 3.83. The van der Waals surface area contributed by atoms with Gasteiger partial charge in [0.25, 0.3) is 0 Å². The monoisotopic (exact) mass is 277 g/mol. The maximum absolute atomic E-state index is 5.74. The van der Waals surface area contributed by atoms with E-state index in [4.69, 9.17) is 4.74 Å². The van der Waals surface area contributed by atoms with Crippen LogP contribution < -0.4 is 5.32 Å². The largest absolute Gasteiger partial charge is 0.378 e. The molecule has 2 nitrogen and oxygen atoms in total. The molecule has 1 N–H and O–H groups in total. The Labute approximate surface area is 124 Å². The maximum Gasteiger partial charge on any atom is 0.0713 e. The molecule has 0 spiro atoms. The molecule has 0 amide bonds. The number of rotatable bonds is 5. The molecule has 0 saturated carbocycles. The molecule has 0 fully saturated rings. The molecule has 1 aromatic rings. The van der Waals surface area contributed by atoms with Crippen molar-refractivity contribution >= 4 is 0 Å². The van der Waals surface area contributed by atoms with Crippen molar-refractivity contribution in [1.29, 1.82) is 0 Å². The highest BCUT2D eigenvalue weighted by Crippen LogP contribution is 2.38. The molecule has 20 heavy (non-hydrogen) atoms. The van der Waals surface area contributed by atoms with E-state index in [1.165, 1.54) is 11.1 Å². The molecule has 0 aliphatic rings. The minimum Gasteiger partial charge on any atom is -0.378 e. The lowest BCUT2D eigenvalue weighted by Gasteiger charge is -2.42. The summed E-state index contributed by atoms with van der Waals surface area (Å²) in [7, 11) is 1.79. The molecule has 0 saturated heterocycles. The van der Waals surface area contributed by atoms with Crippen molar-refractivity contribution in [2.45, 2.75) is 71.6 Å². The molecule has 0 aromatic heterocycles. The Morgan fingerprint density at radius 1 is 0.950 bits per heavy atom. The van der Waals surface area contributed by atoms with Crippen LogP contribution in [0.15, 0.2) is 24.3 Å². The van der Waals surface area contributed by atoms with Gasteiger partial charge < -0.3 is 10.1 Å². The van der Waals surface area contributed by atoms with Crippen molar-refractivity contribution < 1.29 is 4.74 Å². The lowest BCUT2D eigenvalue weighted by molar-refractivity contribution is -0.0345. The highest BCUT2D eigenvalue weighted by Gasteiger charge is 2.39. The first kappa shape index (κ1) is 17.2. The Kier molecular flexibility index (Phi) is 5.04. The first-order valence-electron chi connectivity index (χ1n) is 7.40. The smallest absolute Gasteiger partial charge is 0.0713 e. The predicted molar refractivity (Wildman–Crippen MR) is 87.1 cm³/mol. The van der Waals surface area contributed by atoms with Gasteiger partial charge in [-0.05, 0) is 45.7 Å². The summed E-state index contributed by atoms with van der Waals surface area (Å²) in [6, 6.07) is 8.66. The van der Waals surface area contributed by atoms with Gasteiger partial charge in [0.05, 0.1) is 5.60 Å². The van der Waals surface area contributed by atoms with Crippen LogP contribution in [0.5, 0.6) is 0 Å². The molecule has 0 heterocycles. The van der Waals surface area contributed by atoms with Gasteiger partial charge in [-0.3, -0.25) is 0 Å². The normalized spacial score (nSPS) is 13.6. The number of ether oxygens (including phenoxy) is 1. The molecular formula is C18H31NO. The molecule has 114 valence electrons. The average molecular weight is 277 g/mol. The summed E-state index contributed by atoms with van der Waals surface area (Å²) < 4.78 is 5.74. The van der Waals surface area contributed by atoms with Crippen LogP contribution in [-0.2, 0) is 16.7 Å². The first-order chi connectivity index (χ1) is 9.01. The molecule has 0 radical (unpaired) electrons. The van der Waals surface area contributed by atoms with Gasteiger partial charge in [0.2, 0.25) is 0 Å². The zero-order valence-electron chi connectivity index (χ0n) is 14.4. The molecule has 1 aromatic carbocycles. The number of hydrogen-bond acceptors (Lipinski definition) is 2. The Morgan fingerprint density at radius 3 is 2.00 bits per heavy atom. The molecule has 0 unspecified atom stereocenters. The maximum atomic E-state index is 5.74. The van der Waals surface area contributed by atoms with Gasteiger partial charge in [-0.2, -0.15) is 0 Å². The Morgan fingerprint density at radius 2 is 1.50 bits per heavy atom. The van der Waals surface area contributed by atoms with Crippen LogP contribution in [0, 0.1) is 0 Å². The van der Waals surface area contributed by atoms with Gasteiger partial charge in [0, 0.05) is 24.6 Å². The van der Waals surface area contributed by atoms with Crippen molar-refractivity contribution in [3.8, 4) is 0 Å². The van der Waals surface area contributed by atoms with E-state index in [1.54, 1.807) is 7.11 Å². The van der Waals surface area contributed by atoms with Crippen LogP contribution in [0.25, 0.3) is 0 Å². The summed E-state index contributed by atoms with van der Waals surface area (Å²) in [6.45, 7) is 16.3. The van der Waals surface area contributed by atoms with E-state index >= 15 is 0 Å². The van der Waals surface area contributed by atoms with Crippen LogP contribution in [-0.4, -0.2) is 18.2 Å². The fraction of sp³-hybridized carbons (Fsp3) is 0.667. The molecule has 0 atom stereocenters. The van der Waals surface area contributed by atoms with Gasteiger partial charge in [0.1, 0.15) is 0 Å². The van der Waals surface area contributed by atoms with E-state index in [-0.39, 0.29) is 16.6 Å². The number of methoxy groups -OCH3 is 1. The summed E-state index contributed by atoms with van der Waals surface area (Å²) in [4.78, 5) is 0. The van der Waals surface area contributed by atoms with Crippen LogP contribution in [0.2, 0.25) is 0 Å². The summed E-state index contributed by atoms with van der Waals surface area (Å²) in [5, 5.41) is 3.58. The van der Waals surface area contributed by atoms with Gasteiger partial charge >= 0.3 is 0 Å². The topological polar surface area (TPSA) is 21.3 Å². The van der Waals surface area contributed by atoms with E-state index < -0.39 is 0 Å². The molecule has 2 heteroatoms. The van der Waals surface area contributed by atoms with E-state index in [2.05, 4.69) is 78.0 Å². The van der Waals surface area contributed by atoms with E-state index in [1.807, 2.05) is 0 Å². The van der Waals surface area contributed by atoms with Crippen molar-refractivity contribution in [1.82, 2.24) is 5.32 Å². The second-order valence-electron chi connectivity index (χ2n) is 7.60. The zero-order chi connectivity index (χ0) is 15.6.